The van der Waals surface area contributed by atoms with Crippen LogP contribution < -0.4 is 10.6 Å². The summed E-state index contributed by atoms with van der Waals surface area (Å²) in [6.07, 6.45) is 20.4. The van der Waals surface area contributed by atoms with E-state index in [2.05, 4.69) is 10.6 Å². The van der Waals surface area contributed by atoms with Gasteiger partial charge in [0.25, 0.3) is 0 Å². The van der Waals surface area contributed by atoms with Crippen LogP contribution >= 0.6 is 0 Å². The van der Waals surface area contributed by atoms with E-state index in [1.807, 2.05) is 0 Å². The second kappa shape index (κ2) is 9.27. The molecular formula is C20H38N2. The molecule has 0 spiro atoms. The summed E-state index contributed by atoms with van der Waals surface area (Å²) in [5.74, 6) is 1.94. The Labute approximate surface area is 138 Å². The first kappa shape index (κ1) is 16.8. The van der Waals surface area contributed by atoms with Crippen LogP contribution in [0.25, 0.3) is 0 Å². The molecule has 2 nitrogen and oxygen atoms in total. The van der Waals surface area contributed by atoms with Gasteiger partial charge in [-0.15, -0.1) is 0 Å². The predicted molar refractivity (Wildman–Crippen MR) is 95.2 cm³/mol. The van der Waals surface area contributed by atoms with Gasteiger partial charge in [-0.1, -0.05) is 38.5 Å². The van der Waals surface area contributed by atoms with E-state index >= 15 is 0 Å². The molecule has 3 rings (SSSR count). The van der Waals surface area contributed by atoms with Crippen LogP contribution in [-0.4, -0.2) is 25.2 Å². The Hall–Kier alpha value is -0.0800. The van der Waals surface area contributed by atoms with Gasteiger partial charge in [0.15, 0.2) is 0 Å². The van der Waals surface area contributed by atoms with Crippen LogP contribution in [0.5, 0.6) is 0 Å². The minimum Gasteiger partial charge on any atom is -0.314 e. The minimum atomic E-state index is 0.827. The number of hydrogen-bond acceptors (Lipinski definition) is 2. The van der Waals surface area contributed by atoms with Gasteiger partial charge in [-0.25, -0.2) is 0 Å². The second-order valence-electron chi connectivity index (χ2n) is 8.37. The van der Waals surface area contributed by atoms with Crippen LogP contribution in [-0.2, 0) is 0 Å². The molecule has 0 aromatic heterocycles. The Balaban J connectivity index is 1.25. The molecule has 0 aromatic rings. The van der Waals surface area contributed by atoms with Crippen molar-refractivity contribution < 1.29 is 0 Å². The maximum absolute atomic E-state index is 3.90. The van der Waals surface area contributed by atoms with E-state index in [1.165, 1.54) is 103 Å². The fourth-order valence-corrected chi connectivity index (χ4v) is 4.94. The van der Waals surface area contributed by atoms with Gasteiger partial charge in [-0.05, 0) is 76.3 Å². The van der Waals surface area contributed by atoms with Crippen molar-refractivity contribution in [2.24, 2.45) is 11.8 Å². The zero-order chi connectivity index (χ0) is 15.0. The second-order valence-corrected chi connectivity index (χ2v) is 8.37. The molecule has 0 bridgehead atoms. The molecule has 0 aliphatic heterocycles. The van der Waals surface area contributed by atoms with Crippen LogP contribution in [0.1, 0.15) is 89.9 Å². The van der Waals surface area contributed by atoms with Gasteiger partial charge >= 0.3 is 0 Å². The first-order valence-electron chi connectivity index (χ1n) is 10.4. The number of nitrogens with one attached hydrogen (secondary N) is 2. The molecule has 3 saturated carbocycles. The van der Waals surface area contributed by atoms with Crippen LogP contribution in [0, 0.1) is 11.8 Å². The Morgan fingerprint density at radius 1 is 0.455 bits per heavy atom. The van der Waals surface area contributed by atoms with Gasteiger partial charge in [0, 0.05) is 12.1 Å². The average Bonchev–Trinajstić information content (AvgIpc) is 2.61. The van der Waals surface area contributed by atoms with Crippen molar-refractivity contribution in [3.63, 3.8) is 0 Å². The van der Waals surface area contributed by atoms with Crippen molar-refractivity contribution in [3.05, 3.63) is 0 Å². The maximum atomic E-state index is 3.90. The van der Waals surface area contributed by atoms with E-state index in [1.54, 1.807) is 0 Å². The molecule has 0 radical (unpaired) electrons. The summed E-state index contributed by atoms with van der Waals surface area (Å²) in [6, 6.07) is 1.67. The van der Waals surface area contributed by atoms with Gasteiger partial charge in [0.1, 0.15) is 0 Å². The lowest BCUT2D eigenvalue weighted by Crippen LogP contribution is -2.40. The van der Waals surface area contributed by atoms with E-state index in [0.29, 0.717) is 0 Å². The molecule has 2 heteroatoms. The van der Waals surface area contributed by atoms with Gasteiger partial charge in [-0.3, -0.25) is 0 Å². The lowest BCUT2D eigenvalue weighted by atomic mass is 9.84. The fraction of sp³-hybridized carbons (Fsp3) is 1.00. The van der Waals surface area contributed by atoms with Crippen molar-refractivity contribution in [1.82, 2.24) is 10.6 Å². The van der Waals surface area contributed by atoms with Gasteiger partial charge in [-0.2, -0.15) is 0 Å². The van der Waals surface area contributed by atoms with Crippen molar-refractivity contribution in [3.8, 4) is 0 Å². The lowest BCUT2D eigenvalue weighted by molar-refractivity contribution is 0.249. The van der Waals surface area contributed by atoms with E-state index < -0.39 is 0 Å². The van der Waals surface area contributed by atoms with E-state index in [0.717, 1.165) is 23.9 Å². The summed E-state index contributed by atoms with van der Waals surface area (Å²) >= 11 is 0. The van der Waals surface area contributed by atoms with Crippen LogP contribution in [0.15, 0.2) is 0 Å². The Kier molecular flexibility index (Phi) is 7.07. The topological polar surface area (TPSA) is 24.1 Å². The molecular weight excluding hydrogens is 268 g/mol. The van der Waals surface area contributed by atoms with E-state index in [-0.39, 0.29) is 0 Å². The third kappa shape index (κ3) is 5.53. The predicted octanol–water partition coefficient (Wildman–Crippen LogP) is 4.64. The molecule has 3 fully saturated rings. The highest BCUT2D eigenvalue weighted by Gasteiger charge is 2.23. The highest BCUT2D eigenvalue weighted by Crippen LogP contribution is 2.27. The summed E-state index contributed by atoms with van der Waals surface area (Å²) in [7, 11) is 0. The molecule has 0 aromatic carbocycles. The molecule has 0 heterocycles. The maximum Gasteiger partial charge on any atom is 0.00673 e. The van der Waals surface area contributed by atoms with Crippen LogP contribution in [0.3, 0.4) is 0 Å². The Bertz CT molecular complexity index is 254. The zero-order valence-corrected chi connectivity index (χ0v) is 14.6. The van der Waals surface area contributed by atoms with E-state index in [4.69, 9.17) is 0 Å². The minimum absolute atomic E-state index is 0.827. The van der Waals surface area contributed by atoms with Gasteiger partial charge in [0.2, 0.25) is 0 Å². The first-order chi connectivity index (χ1) is 10.9. The van der Waals surface area contributed by atoms with Crippen LogP contribution in [0.4, 0.5) is 0 Å². The molecule has 2 N–H and O–H groups in total. The van der Waals surface area contributed by atoms with Gasteiger partial charge < -0.3 is 10.6 Å². The largest absolute Gasteiger partial charge is 0.314 e. The molecule has 128 valence electrons. The highest BCUT2D eigenvalue weighted by molar-refractivity contribution is 4.81. The zero-order valence-electron chi connectivity index (χ0n) is 14.6. The van der Waals surface area contributed by atoms with Gasteiger partial charge in [0.05, 0.1) is 0 Å². The van der Waals surface area contributed by atoms with Crippen molar-refractivity contribution in [2.45, 2.75) is 102 Å². The summed E-state index contributed by atoms with van der Waals surface area (Å²) in [5.41, 5.74) is 0. The van der Waals surface area contributed by atoms with E-state index in [9.17, 15) is 0 Å². The first-order valence-corrected chi connectivity index (χ1v) is 10.4. The number of hydrogen-bond donors (Lipinski definition) is 2. The fourth-order valence-electron chi connectivity index (χ4n) is 4.94. The summed E-state index contributed by atoms with van der Waals surface area (Å²) in [6.45, 7) is 2.59. The summed E-state index contributed by atoms with van der Waals surface area (Å²) in [4.78, 5) is 0. The van der Waals surface area contributed by atoms with Crippen molar-refractivity contribution >= 4 is 0 Å². The Morgan fingerprint density at radius 3 is 1.50 bits per heavy atom. The molecule has 0 unspecified atom stereocenters. The highest BCUT2D eigenvalue weighted by atomic mass is 14.9. The average molecular weight is 307 g/mol. The molecule has 3 aliphatic carbocycles. The monoisotopic (exact) mass is 306 g/mol. The quantitative estimate of drug-likeness (QED) is 0.747. The van der Waals surface area contributed by atoms with Crippen molar-refractivity contribution in [2.75, 3.05) is 13.1 Å². The SMILES string of the molecule is C1CCC(CNC2CCC(CNC3CCCCC3)CC2)CC1. The number of rotatable bonds is 6. The lowest BCUT2D eigenvalue weighted by Gasteiger charge is -2.32. The smallest absolute Gasteiger partial charge is 0.00673 e. The Morgan fingerprint density at radius 2 is 0.909 bits per heavy atom. The standard InChI is InChI=1S/C20H38N2/c1-3-7-17(8-4-1)15-22-20-13-11-18(12-14-20)16-21-19-9-5-2-6-10-19/h17-22H,1-16H2. The summed E-state index contributed by atoms with van der Waals surface area (Å²) < 4.78 is 0. The molecule has 22 heavy (non-hydrogen) atoms. The normalized spacial score (nSPS) is 32.2. The summed E-state index contributed by atoms with van der Waals surface area (Å²) in [5, 5.41) is 7.77. The van der Waals surface area contributed by atoms with Crippen LogP contribution in [0.2, 0.25) is 0 Å². The third-order valence-corrected chi connectivity index (χ3v) is 6.57. The third-order valence-electron chi connectivity index (χ3n) is 6.57. The molecule has 0 amide bonds. The molecule has 3 aliphatic rings. The van der Waals surface area contributed by atoms with Crippen molar-refractivity contribution in [1.29, 1.82) is 0 Å². The molecule has 0 atom stereocenters. The molecule has 0 saturated heterocycles.